The van der Waals surface area contributed by atoms with Gasteiger partial charge in [-0.15, -0.1) is 0 Å². The lowest BCUT2D eigenvalue weighted by Crippen LogP contribution is -2.27. The highest BCUT2D eigenvalue weighted by atomic mass is 32.2. The van der Waals surface area contributed by atoms with E-state index in [9.17, 15) is 9.00 Å². The van der Waals surface area contributed by atoms with E-state index in [0.717, 1.165) is 12.8 Å². The van der Waals surface area contributed by atoms with Gasteiger partial charge in [0.15, 0.2) is 0 Å². The smallest absolute Gasteiger partial charge is 0.319 e. The molecule has 0 spiro atoms. The Bertz CT molecular complexity index is 202. The number of hydrogen-bond acceptors (Lipinski definition) is 2. The summed E-state index contributed by atoms with van der Waals surface area (Å²) in [5, 5.41) is 8.18. The largest absolute Gasteiger partial charge is 0.480 e. The Labute approximate surface area is 88.4 Å². The van der Waals surface area contributed by atoms with Crippen molar-refractivity contribution in [3.8, 4) is 0 Å². The molecule has 0 aliphatic rings. The Kier molecular flexibility index (Phi) is 6.79. The third-order valence-electron chi connectivity index (χ3n) is 2.04. The van der Waals surface area contributed by atoms with Gasteiger partial charge in [0.1, 0.15) is 5.25 Å². The molecule has 0 saturated carbocycles. The fourth-order valence-corrected chi connectivity index (χ4v) is 2.84. The third-order valence-corrected chi connectivity index (χ3v) is 3.75. The van der Waals surface area contributed by atoms with Gasteiger partial charge < -0.3 is 5.11 Å². The SMILES string of the molecule is CCCC(C(=O)O)S(=O)CCC(C)C. The zero-order valence-electron chi connectivity index (χ0n) is 9.16. The summed E-state index contributed by atoms with van der Waals surface area (Å²) in [4.78, 5) is 10.8. The normalized spacial score (nSPS) is 15.4. The van der Waals surface area contributed by atoms with Crippen LogP contribution in [0, 0.1) is 5.92 Å². The average Bonchev–Trinajstić information content (AvgIpc) is 2.09. The molecule has 3 nitrogen and oxygen atoms in total. The van der Waals surface area contributed by atoms with E-state index in [-0.39, 0.29) is 0 Å². The number of aliphatic carboxylic acids is 1. The molecular weight excluding hydrogens is 200 g/mol. The maximum atomic E-state index is 11.6. The number of hydrogen-bond donors (Lipinski definition) is 1. The molecule has 14 heavy (non-hydrogen) atoms. The van der Waals surface area contributed by atoms with E-state index >= 15 is 0 Å². The van der Waals surface area contributed by atoms with Crippen molar-refractivity contribution in [1.29, 1.82) is 0 Å². The fourth-order valence-electron chi connectivity index (χ4n) is 1.12. The predicted molar refractivity (Wildman–Crippen MR) is 58.8 cm³/mol. The molecule has 84 valence electrons. The Morgan fingerprint density at radius 1 is 1.36 bits per heavy atom. The van der Waals surface area contributed by atoms with Crippen LogP contribution in [-0.2, 0) is 15.6 Å². The first-order valence-electron chi connectivity index (χ1n) is 5.09. The van der Waals surface area contributed by atoms with E-state index in [0.29, 0.717) is 18.1 Å². The average molecular weight is 220 g/mol. The van der Waals surface area contributed by atoms with Crippen LogP contribution in [0.5, 0.6) is 0 Å². The lowest BCUT2D eigenvalue weighted by atomic mass is 10.2. The Hall–Kier alpha value is -0.380. The van der Waals surface area contributed by atoms with Crippen molar-refractivity contribution >= 4 is 16.8 Å². The monoisotopic (exact) mass is 220 g/mol. The van der Waals surface area contributed by atoms with Crippen LogP contribution < -0.4 is 0 Å². The first-order chi connectivity index (χ1) is 6.49. The molecule has 2 unspecified atom stereocenters. The molecule has 0 rings (SSSR count). The summed E-state index contributed by atoms with van der Waals surface area (Å²) in [6.07, 6.45) is 2.12. The van der Waals surface area contributed by atoms with E-state index in [1.807, 2.05) is 20.8 Å². The molecule has 1 N–H and O–H groups in total. The number of rotatable bonds is 7. The van der Waals surface area contributed by atoms with Gasteiger partial charge in [0.05, 0.1) is 0 Å². The molecule has 2 atom stereocenters. The highest BCUT2D eigenvalue weighted by molar-refractivity contribution is 7.86. The van der Waals surface area contributed by atoms with Crippen LogP contribution in [0.1, 0.15) is 40.0 Å². The second kappa shape index (κ2) is 6.98. The molecule has 0 bridgehead atoms. The van der Waals surface area contributed by atoms with Gasteiger partial charge in [-0.05, 0) is 18.8 Å². The van der Waals surface area contributed by atoms with Gasteiger partial charge in [-0.1, -0.05) is 27.2 Å². The van der Waals surface area contributed by atoms with Crippen molar-refractivity contribution < 1.29 is 14.1 Å². The van der Waals surface area contributed by atoms with Crippen molar-refractivity contribution in [2.45, 2.75) is 45.3 Å². The summed E-state index contributed by atoms with van der Waals surface area (Å²) >= 11 is 0. The second-order valence-corrected chi connectivity index (χ2v) is 5.62. The zero-order valence-corrected chi connectivity index (χ0v) is 9.97. The van der Waals surface area contributed by atoms with Gasteiger partial charge in [-0.3, -0.25) is 9.00 Å². The first kappa shape index (κ1) is 13.6. The summed E-state index contributed by atoms with van der Waals surface area (Å²) in [5.74, 6) is 0.0678. The Morgan fingerprint density at radius 3 is 2.29 bits per heavy atom. The maximum absolute atomic E-state index is 11.6. The van der Waals surface area contributed by atoms with Crippen LogP contribution in [0.3, 0.4) is 0 Å². The molecule has 0 saturated heterocycles. The van der Waals surface area contributed by atoms with Gasteiger partial charge >= 0.3 is 5.97 Å². The minimum atomic E-state index is -1.21. The van der Waals surface area contributed by atoms with Crippen LogP contribution >= 0.6 is 0 Å². The van der Waals surface area contributed by atoms with Gasteiger partial charge in [-0.25, -0.2) is 0 Å². The lowest BCUT2D eigenvalue weighted by molar-refractivity contribution is -0.136. The topological polar surface area (TPSA) is 54.4 Å². The zero-order chi connectivity index (χ0) is 11.1. The summed E-state index contributed by atoms with van der Waals surface area (Å²) in [7, 11) is -1.21. The fraction of sp³-hybridized carbons (Fsp3) is 0.900. The molecule has 0 aromatic rings. The lowest BCUT2D eigenvalue weighted by Gasteiger charge is -2.11. The Morgan fingerprint density at radius 2 is 1.93 bits per heavy atom. The van der Waals surface area contributed by atoms with Gasteiger partial charge in [-0.2, -0.15) is 0 Å². The standard InChI is InChI=1S/C10H20O3S/c1-4-5-9(10(11)12)14(13)7-6-8(2)3/h8-9H,4-7H2,1-3H3,(H,11,12). The van der Waals surface area contributed by atoms with Gasteiger partial charge in [0.25, 0.3) is 0 Å². The quantitative estimate of drug-likeness (QED) is 0.714. The number of carboxylic acid groups (broad SMARTS) is 1. The second-order valence-electron chi connectivity index (χ2n) is 3.88. The maximum Gasteiger partial charge on any atom is 0.319 e. The van der Waals surface area contributed by atoms with Crippen LogP contribution in [0.4, 0.5) is 0 Å². The van der Waals surface area contributed by atoms with Crippen molar-refractivity contribution in [3.63, 3.8) is 0 Å². The van der Waals surface area contributed by atoms with Crippen molar-refractivity contribution in [1.82, 2.24) is 0 Å². The molecule has 0 heterocycles. The molecular formula is C10H20O3S. The molecule has 0 radical (unpaired) electrons. The van der Waals surface area contributed by atoms with Gasteiger partial charge in [0.2, 0.25) is 0 Å². The molecule has 0 aliphatic heterocycles. The van der Waals surface area contributed by atoms with Crippen LogP contribution in [0.15, 0.2) is 0 Å². The predicted octanol–water partition coefficient (Wildman–Crippen LogP) is 2.03. The summed E-state index contributed by atoms with van der Waals surface area (Å²) in [6, 6.07) is 0. The van der Waals surface area contributed by atoms with Crippen molar-refractivity contribution in [2.24, 2.45) is 5.92 Å². The van der Waals surface area contributed by atoms with E-state index in [1.54, 1.807) is 0 Å². The molecule has 0 amide bonds. The van der Waals surface area contributed by atoms with Gasteiger partial charge in [0, 0.05) is 16.6 Å². The molecule has 0 fully saturated rings. The van der Waals surface area contributed by atoms with Crippen LogP contribution in [0.2, 0.25) is 0 Å². The molecule has 0 aromatic carbocycles. The number of carboxylic acids is 1. The molecule has 4 heteroatoms. The van der Waals surface area contributed by atoms with E-state index in [4.69, 9.17) is 5.11 Å². The summed E-state index contributed by atoms with van der Waals surface area (Å²) in [6.45, 7) is 6.01. The highest BCUT2D eigenvalue weighted by Crippen LogP contribution is 2.09. The minimum Gasteiger partial charge on any atom is -0.480 e. The molecule has 0 aliphatic carbocycles. The van der Waals surface area contributed by atoms with E-state index in [2.05, 4.69) is 0 Å². The van der Waals surface area contributed by atoms with Crippen molar-refractivity contribution in [2.75, 3.05) is 5.75 Å². The van der Waals surface area contributed by atoms with E-state index < -0.39 is 22.0 Å². The minimum absolute atomic E-state index is 0.482. The highest BCUT2D eigenvalue weighted by Gasteiger charge is 2.23. The van der Waals surface area contributed by atoms with E-state index in [1.165, 1.54) is 0 Å². The number of carbonyl (C=O) groups is 1. The van der Waals surface area contributed by atoms with Crippen LogP contribution in [-0.4, -0.2) is 26.3 Å². The summed E-state index contributed by atoms with van der Waals surface area (Å²) in [5.41, 5.74) is 0. The van der Waals surface area contributed by atoms with Crippen molar-refractivity contribution in [3.05, 3.63) is 0 Å². The molecule has 0 aromatic heterocycles. The summed E-state index contributed by atoms with van der Waals surface area (Å²) < 4.78 is 11.6. The van der Waals surface area contributed by atoms with Crippen LogP contribution in [0.25, 0.3) is 0 Å². The first-order valence-corrected chi connectivity index (χ1v) is 6.47. The third kappa shape index (κ3) is 5.37. The Balaban J connectivity index is 4.09.